The Morgan fingerprint density at radius 2 is 2.21 bits per heavy atom. The number of hydrogen-bond donors (Lipinski definition) is 1. The van der Waals surface area contributed by atoms with E-state index in [-0.39, 0.29) is 0 Å². The summed E-state index contributed by atoms with van der Waals surface area (Å²) < 4.78 is 0. The lowest BCUT2D eigenvalue weighted by Gasteiger charge is -2.22. The first-order valence-electron chi connectivity index (χ1n) is 5.29. The number of rotatable bonds is 4. The molecule has 0 radical (unpaired) electrons. The predicted octanol–water partition coefficient (Wildman–Crippen LogP) is 2.49. The molecule has 1 aromatic heterocycles. The molecule has 78 valence electrons. The molecule has 0 saturated heterocycles. The summed E-state index contributed by atoms with van der Waals surface area (Å²) in [4.78, 5) is 4.46. The molecule has 0 bridgehead atoms. The minimum atomic E-state index is 0.478. The van der Waals surface area contributed by atoms with Gasteiger partial charge in [0.05, 0.1) is 0 Å². The van der Waals surface area contributed by atoms with Gasteiger partial charge >= 0.3 is 0 Å². The third kappa shape index (κ3) is 2.32. The Morgan fingerprint density at radius 1 is 1.50 bits per heavy atom. The van der Waals surface area contributed by atoms with Crippen molar-refractivity contribution in [3.8, 4) is 0 Å². The SMILES string of the molecule is CCC(NC)C(C)c1ncccc1C. The molecule has 1 aromatic rings. The molecule has 0 spiro atoms. The van der Waals surface area contributed by atoms with Gasteiger partial charge in [-0.05, 0) is 32.0 Å². The molecular formula is C12H20N2. The minimum Gasteiger partial charge on any atom is -0.316 e. The maximum Gasteiger partial charge on any atom is 0.0476 e. The van der Waals surface area contributed by atoms with Gasteiger partial charge in [0, 0.05) is 23.9 Å². The van der Waals surface area contributed by atoms with Crippen molar-refractivity contribution in [2.24, 2.45) is 0 Å². The zero-order chi connectivity index (χ0) is 10.6. The largest absolute Gasteiger partial charge is 0.316 e. The van der Waals surface area contributed by atoms with Crippen LogP contribution in [0.3, 0.4) is 0 Å². The van der Waals surface area contributed by atoms with Crippen LogP contribution in [-0.4, -0.2) is 18.1 Å². The Morgan fingerprint density at radius 3 is 2.71 bits per heavy atom. The van der Waals surface area contributed by atoms with Crippen molar-refractivity contribution in [1.29, 1.82) is 0 Å². The van der Waals surface area contributed by atoms with Gasteiger partial charge in [-0.25, -0.2) is 0 Å². The second kappa shape index (κ2) is 5.11. The van der Waals surface area contributed by atoms with Crippen molar-refractivity contribution in [1.82, 2.24) is 10.3 Å². The Hall–Kier alpha value is -0.890. The first-order valence-corrected chi connectivity index (χ1v) is 5.29. The topological polar surface area (TPSA) is 24.9 Å². The highest BCUT2D eigenvalue weighted by atomic mass is 14.9. The van der Waals surface area contributed by atoms with E-state index in [1.54, 1.807) is 0 Å². The van der Waals surface area contributed by atoms with Gasteiger partial charge in [-0.1, -0.05) is 19.9 Å². The molecule has 0 fully saturated rings. The van der Waals surface area contributed by atoms with Crippen LogP contribution in [0.25, 0.3) is 0 Å². The molecule has 0 saturated carbocycles. The molecule has 1 heterocycles. The van der Waals surface area contributed by atoms with Crippen LogP contribution in [0.1, 0.15) is 37.4 Å². The van der Waals surface area contributed by atoms with Gasteiger partial charge in [-0.2, -0.15) is 0 Å². The lowest BCUT2D eigenvalue weighted by Crippen LogP contribution is -2.30. The van der Waals surface area contributed by atoms with E-state index in [9.17, 15) is 0 Å². The maximum absolute atomic E-state index is 4.46. The van der Waals surface area contributed by atoms with Crippen molar-refractivity contribution < 1.29 is 0 Å². The third-order valence-electron chi connectivity index (χ3n) is 2.90. The molecule has 2 heteroatoms. The lowest BCUT2D eigenvalue weighted by molar-refractivity contribution is 0.464. The Labute approximate surface area is 86.8 Å². The summed E-state index contributed by atoms with van der Waals surface area (Å²) in [6.07, 6.45) is 3.01. The van der Waals surface area contributed by atoms with Crippen molar-refractivity contribution in [2.45, 2.75) is 39.2 Å². The van der Waals surface area contributed by atoms with Crippen LogP contribution in [0.2, 0.25) is 0 Å². The van der Waals surface area contributed by atoms with Crippen molar-refractivity contribution in [3.05, 3.63) is 29.6 Å². The normalized spacial score (nSPS) is 15.1. The average Bonchev–Trinajstić information content (AvgIpc) is 2.20. The molecule has 2 atom stereocenters. The molecule has 2 nitrogen and oxygen atoms in total. The van der Waals surface area contributed by atoms with E-state index in [2.05, 4.69) is 37.1 Å². The fourth-order valence-electron chi connectivity index (χ4n) is 1.97. The molecule has 2 unspecified atom stereocenters. The smallest absolute Gasteiger partial charge is 0.0476 e. The van der Waals surface area contributed by atoms with Gasteiger partial charge in [0.25, 0.3) is 0 Å². The van der Waals surface area contributed by atoms with E-state index < -0.39 is 0 Å². The van der Waals surface area contributed by atoms with Crippen LogP contribution in [0.15, 0.2) is 18.3 Å². The fraction of sp³-hybridized carbons (Fsp3) is 0.583. The highest BCUT2D eigenvalue weighted by molar-refractivity contribution is 5.22. The van der Waals surface area contributed by atoms with Crippen molar-refractivity contribution >= 4 is 0 Å². The lowest BCUT2D eigenvalue weighted by atomic mass is 9.93. The molecule has 0 aromatic carbocycles. The van der Waals surface area contributed by atoms with Crippen LogP contribution < -0.4 is 5.32 Å². The van der Waals surface area contributed by atoms with E-state index in [0.29, 0.717) is 12.0 Å². The van der Waals surface area contributed by atoms with Crippen LogP contribution in [0.5, 0.6) is 0 Å². The zero-order valence-corrected chi connectivity index (χ0v) is 9.54. The van der Waals surface area contributed by atoms with E-state index in [1.165, 1.54) is 11.3 Å². The minimum absolute atomic E-state index is 0.478. The Bertz CT molecular complexity index is 279. The summed E-state index contributed by atoms with van der Waals surface area (Å²) in [5.74, 6) is 0.478. The molecule has 0 aliphatic carbocycles. The Kier molecular flexibility index (Phi) is 4.08. The van der Waals surface area contributed by atoms with Gasteiger partial charge < -0.3 is 5.32 Å². The molecule has 0 aliphatic rings. The standard InChI is InChI=1S/C12H20N2/c1-5-11(13-4)10(3)12-9(2)7-6-8-14-12/h6-8,10-11,13H,5H2,1-4H3. The number of pyridine rings is 1. The van der Waals surface area contributed by atoms with Gasteiger partial charge in [0.2, 0.25) is 0 Å². The summed E-state index contributed by atoms with van der Waals surface area (Å²) in [7, 11) is 2.02. The van der Waals surface area contributed by atoms with E-state index >= 15 is 0 Å². The molecular weight excluding hydrogens is 172 g/mol. The van der Waals surface area contributed by atoms with E-state index in [1.807, 2.05) is 19.3 Å². The van der Waals surface area contributed by atoms with Gasteiger partial charge in [0.15, 0.2) is 0 Å². The number of nitrogens with zero attached hydrogens (tertiary/aromatic N) is 1. The summed E-state index contributed by atoms with van der Waals surface area (Å²) in [5.41, 5.74) is 2.50. The first-order chi connectivity index (χ1) is 6.70. The number of likely N-dealkylation sites (N-methyl/N-ethyl adjacent to an activating group) is 1. The van der Waals surface area contributed by atoms with E-state index in [4.69, 9.17) is 0 Å². The van der Waals surface area contributed by atoms with Crippen molar-refractivity contribution in [3.63, 3.8) is 0 Å². The summed E-state index contributed by atoms with van der Waals surface area (Å²) in [6.45, 7) is 6.57. The monoisotopic (exact) mass is 192 g/mol. The molecule has 1 rings (SSSR count). The number of hydrogen-bond acceptors (Lipinski definition) is 2. The highest BCUT2D eigenvalue weighted by Gasteiger charge is 2.17. The molecule has 0 amide bonds. The highest BCUT2D eigenvalue weighted by Crippen LogP contribution is 2.21. The second-order valence-electron chi connectivity index (χ2n) is 3.80. The summed E-state index contributed by atoms with van der Waals surface area (Å²) >= 11 is 0. The summed E-state index contributed by atoms with van der Waals surface area (Å²) in [5, 5.41) is 3.34. The second-order valence-corrected chi connectivity index (χ2v) is 3.80. The number of nitrogens with one attached hydrogen (secondary N) is 1. The average molecular weight is 192 g/mol. The van der Waals surface area contributed by atoms with Crippen LogP contribution in [0.4, 0.5) is 0 Å². The van der Waals surface area contributed by atoms with Crippen LogP contribution in [0, 0.1) is 6.92 Å². The quantitative estimate of drug-likeness (QED) is 0.792. The maximum atomic E-state index is 4.46. The predicted molar refractivity (Wildman–Crippen MR) is 60.5 cm³/mol. The van der Waals surface area contributed by atoms with E-state index in [0.717, 1.165) is 6.42 Å². The number of aromatic nitrogens is 1. The third-order valence-corrected chi connectivity index (χ3v) is 2.90. The Balaban J connectivity index is 2.88. The summed E-state index contributed by atoms with van der Waals surface area (Å²) in [6, 6.07) is 4.64. The molecule has 14 heavy (non-hydrogen) atoms. The van der Waals surface area contributed by atoms with Gasteiger partial charge in [-0.15, -0.1) is 0 Å². The van der Waals surface area contributed by atoms with Crippen LogP contribution in [-0.2, 0) is 0 Å². The van der Waals surface area contributed by atoms with Crippen molar-refractivity contribution in [2.75, 3.05) is 7.05 Å². The van der Waals surface area contributed by atoms with Gasteiger partial charge in [0.1, 0.15) is 0 Å². The van der Waals surface area contributed by atoms with Gasteiger partial charge in [-0.3, -0.25) is 4.98 Å². The molecule has 0 aliphatic heterocycles. The first kappa shape index (κ1) is 11.2. The molecule has 1 N–H and O–H groups in total. The zero-order valence-electron chi connectivity index (χ0n) is 9.54. The fourth-order valence-corrected chi connectivity index (χ4v) is 1.97. The number of aryl methyl sites for hydroxylation is 1. The van der Waals surface area contributed by atoms with Crippen LogP contribution >= 0.6 is 0 Å².